The maximum Gasteiger partial charge on any atom is 0.253 e. The first kappa shape index (κ1) is 33.5. The van der Waals surface area contributed by atoms with Crippen molar-refractivity contribution in [3.63, 3.8) is 0 Å². The first-order valence-corrected chi connectivity index (χ1v) is 16.7. The van der Waals surface area contributed by atoms with E-state index in [9.17, 15) is 19.5 Å². The van der Waals surface area contributed by atoms with Crippen LogP contribution in [0.25, 0.3) is 0 Å². The number of aliphatic hydroxyl groups excluding tert-OH is 1. The highest BCUT2D eigenvalue weighted by molar-refractivity contribution is 6.34. The molecule has 0 radical (unpaired) electrons. The van der Waals surface area contributed by atoms with E-state index in [2.05, 4.69) is 13.2 Å². The van der Waals surface area contributed by atoms with Gasteiger partial charge in [-0.15, -0.1) is 13.2 Å². The Morgan fingerprint density at radius 1 is 1.02 bits per heavy atom. The average molecular weight is 670 g/mol. The van der Waals surface area contributed by atoms with Crippen molar-refractivity contribution in [3.8, 4) is 5.75 Å². The van der Waals surface area contributed by atoms with E-state index in [1.165, 1.54) is 9.80 Å². The predicted octanol–water partition coefficient (Wildman–Crippen LogP) is 5.59. The normalized spacial score (nSPS) is 24.6. The molecule has 1 spiro atoms. The molecular weight excluding hydrogens is 630 g/mol. The highest BCUT2D eigenvalue weighted by Crippen LogP contribution is 2.60. The van der Waals surface area contributed by atoms with Gasteiger partial charge in [-0.2, -0.15) is 0 Å². The molecule has 0 aliphatic carbocycles. The Morgan fingerprint density at radius 2 is 1.69 bits per heavy atom. The fraction of sp³-hybridized carbons (Fsp3) is 0.342. The fourth-order valence-corrected chi connectivity index (χ4v) is 8.03. The Labute approximate surface area is 286 Å². The highest BCUT2D eigenvalue weighted by atomic mass is 35.5. The number of anilines is 2. The van der Waals surface area contributed by atoms with Gasteiger partial charge in [0.1, 0.15) is 17.4 Å². The molecule has 3 aliphatic heterocycles. The van der Waals surface area contributed by atoms with Gasteiger partial charge in [0.2, 0.25) is 11.8 Å². The Balaban J connectivity index is 1.45. The first-order valence-electron chi connectivity index (χ1n) is 16.3. The zero-order valence-corrected chi connectivity index (χ0v) is 27.7. The highest BCUT2D eigenvalue weighted by Gasteiger charge is 2.75. The van der Waals surface area contributed by atoms with Crippen LogP contribution in [0.1, 0.15) is 31.4 Å². The van der Waals surface area contributed by atoms with Gasteiger partial charge in [-0.25, -0.2) is 0 Å². The maximum atomic E-state index is 15.0. The van der Waals surface area contributed by atoms with Crippen molar-refractivity contribution in [3.05, 3.63) is 115 Å². The van der Waals surface area contributed by atoms with Crippen LogP contribution in [0.2, 0.25) is 5.02 Å². The summed E-state index contributed by atoms with van der Waals surface area (Å²) in [7, 11) is 0. The SMILES string of the molecule is C=CCN(C(=O)[C@@H]1[C@@H]2CCC3(O2)C(C(=O)N(CC=C)c2ccccc2Cl)N([C@H](CO)c2ccccc2)C(=O)[C@H]13)c1ccc(OCC)cc1. The Morgan fingerprint density at radius 3 is 2.33 bits per heavy atom. The molecular formula is C38H40ClN3O6. The molecule has 3 aromatic carbocycles. The van der Waals surface area contributed by atoms with E-state index < -0.39 is 54.0 Å². The second kappa shape index (κ2) is 14.0. The van der Waals surface area contributed by atoms with Crippen molar-refractivity contribution >= 4 is 40.7 Å². The smallest absolute Gasteiger partial charge is 0.253 e. The van der Waals surface area contributed by atoms with Crippen LogP contribution in [0.3, 0.4) is 0 Å². The number of para-hydroxylation sites is 1. The molecule has 250 valence electrons. The molecule has 0 saturated carbocycles. The van der Waals surface area contributed by atoms with Crippen LogP contribution in [-0.4, -0.2) is 71.8 Å². The van der Waals surface area contributed by atoms with E-state index in [-0.39, 0.29) is 19.0 Å². The molecule has 3 amide bonds. The van der Waals surface area contributed by atoms with Crippen molar-refractivity contribution in [2.24, 2.45) is 11.8 Å². The summed E-state index contributed by atoms with van der Waals surface area (Å²) in [6, 6.07) is 21.3. The number of halogens is 1. The van der Waals surface area contributed by atoms with Gasteiger partial charge in [0.05, 0.1) is 47.9 Å². The largest absolute Gasteiger partial charge is 0.494 e. The number of nitrogens with zero attached hydrogens (tertiary/aromatic N) is 3. The van der Waals surface area contributed by atoms with Crippen LogP contribution < -0.4 is 14.5 Å². The molecule has 3 aromatic rings. The summed E-state index contributed by atoms with van der Waals surface area (Å²) in [5.74, 6) is -2.25. The van der Waals surface area contributed by atoms with Gasteiger partial charge < -0.3 is 29.3 Å². The summed E-state index contributed by atoms with van der Waals surface area (Å²) >= 11 is 6.61. The minimum absolute atomic E-state index is 0.119. The number of carbonyl (C=O) groups excluding carboxylic acids is 3. The molecule has 1 N–H and O–H groups in total. The molecule has 6 rings (SSSR count). The zero-order chi connectivity index (χ0) is 34.0. The lowest BCUT2D eigenvalue weighted by molar-refractivity contribution is -0.144. The van der Waals surface area contributed by atoms with Gasteiger partial charge in [0, 0.05) is 18.8 Å². The third kappa shape index (κ3) is 5.59. The van der Waals surface area contributed by atoms with Crippen LogP contribution in [-0.2, 0) is 19.1 Å². The number of benzene rings is 3. The Hall–Kier alpha value is -4.44. The van der Waals surface area contributed by atoms with Crippen molar-refractivity contribution in [2.75, 3.05) is 36.1 Å². The maximum absolute atomic E-state index is 15.0. The average Bonchev–Trinajstić information content (AvgIpc) is 3.75. The minimum atomic E-state index is -1.30. The number of hydrogen-bond donors (Lipinski definition) is 1. The predicted molar refractivity (Wildman–Crippen MR) is 185 cm³/mol. The minimum Gasteiger partial charge on any atom is -0.494 e. The number of likely N-dealkylation sites (tertiary alicyclic amines) is 1. The molecule has 2 unspecified atom stereocenters. The van der Waals surface area contributed by atoms with E-state index in [4.69, 9.17) is 21.1 Å². The number of hydrogen-bond acceptors (Lipinski definition) is 6. The standard InChI is InChI=1S/C38H40ClN3O6/c1-4-22-40(26-16-18-27(19-17-26)47-6-3)35(44)32-31-20-21-38(48-31)33(32)36(45)42(30(24-43)25-12-8-7-9-13-25)34(38)37(46)41(23-5-2)29-15-11-10-14-28(29)39/h4-5,7-19,30-34,43H,1-2,6,20-24H2,3H3/t30-,31+,32-,33+,34?,38?/m1/s1. The quantitative estimate of drug-likeness (QED) is 0.239. The van der Waals surface area contributed by atoms with E-state index >= 15 is 0 Å². The van der Waals surface area contributed by atoms with Crippen molar-refractivity contribution in [1.29, 1.82) is 0 Å². The van der Waals surface area contributed by atoms with Crippen molar-refractivity contribution in [2.45, 2.75) is 43.6 Å². The topological polar surface area (TPSA) is 99.6 Å². The molecule has 3 aliphatic rings. The summed E-state index contributed by atoms with van der Waals surface area (Å²) in [6.45, 7) is 10.0. The van der Waals surface area contributed by atoms with E-state index in [0.717, 1.165) is 0 Å². The van der Waals surface area contributed by atoms with E-state index in [0.29, 0.717) is 47.2 Å². The van der Waals surface area contributed by atoms with Gasteiger partial charge in [-0.3, -0.25) is 14.4 Å². The molecule has 6 atom stereocenters. The third-order valence-electron chi connectivity index (χ3n) is 9.71. The summed E-state index contributed by atoms with van der Waals surface area (Å²) in [5.41, 5.74) is 0.448. The van der Waals surface area contributed by atoms with E-state index in [1.807, 2.05) is 37.3 Å². The second-order valence-electron chi connectivity index (χ2n) is 12.3. The number of fused-ring (bicyclic) bond motifs is 1. The zero-order valence-electron chi connectivity index (χ0n) is 26.9. The van der Waals surface area contributed by atoms with Crippen LogP contribution >= 0.6 is 11.6 Å². The molecule has 3 fully saturated rings. The van der Waals surface area contributed by atoms with Crippen molar-refractivity contribution < 1.29 is 29.0 Å². The van der Waals surface area contributed by atoms with Crippen LogP contribution in [0.15, 0.2) is 104 Å². The van der Waals surface area contributed by atoms with Crippen LogP contribution in [0.5, 0.6) is 5.75 Å². The van der Waals surface area contributed by atoms with E-state index in [1.54, 1.807) is 65.6 Å². The molecule has 10 heteroatoms. The molecule has 0 aromatic heterocycles. The fourth-order valence-electron chi connectivity index (χ4n) is 7.79. The third-order valence-corrected chi connectivity index (χ3v) is 10.0. The van der Waals surface area contributed by atoms with Gasteiger partial charge in [0.15, 0.2) is 0 Å². The number of carbonyl (C=O) groups is 3. The first-order chi connectivity index (χ1) is 23.3. The Bertz CT molecular complexity index is 1680. The lowest BCUT2D eigenvalue weighted by atomic mass is 9.70. The number of amides is 3. The Kier molecular flexibility index (Phi) is 9.73. The molecule has 3 saturated heterocycles. The van der Waals surface area contributed by atoms with Gasteiger partial charge in [-0.05, 0) is 61.7 Å². The van der Waals surface area contributed by atoms with Gasteiger partial charge in [0.25, 0.3) is 5.91 Å². The van der Waals surface area contributed by atoms with Crippen molar-refractivity contribution in [1.82, 2.24) is 4.90 Å². The molecule has 2 bridgehead atoms. The molecule has 9 nitrogen and oxygen atoms in total. The molecule has 48 heavy (non-hydrogen) atoms. The lowest BCUT2D eigenvalue weighted by Crippen LogP contribution is -2.57. The summed E-state index contributed by atoms with van der Waals surface area (Å²) in [4.78, 5) is 49.1. The lowest BCUT2D eigenvalue weighted by Gasteiger charge is -2.39. The number of rotatable bonds is 13. The van der Waals surface area contributed by atoms with Gasteiger partial charge >= 0.3 is 0 Å². The van der Waals surface area contributed by atoms with Gasteiger partial charge in [-0.1, -0.05) is 66.2 Å². The molecule has 3 heterocycles. The second-order valence-corrected chi connectivity index (χ2v) is 12.7. The summed E-state index contributed by atoms with van der Waals surface area (Å²) in [5, 5.41) is 11.2. The summed E-state index contributed by atoms with van der Waals surface area (Å²) < 4.78 is 12.3. The summed E-state index contributed by atoms with van der Waals surface area (Å²) in [6.07, 6.45) is 3.55. The van der Waals surface area contributed by atoms with Crippen LogP contribution in [0.4, 0.5) is 11.4 Å². The number of ether oxygens (including phenoxy) is 2. The monoisotopic (exact) mass is 669 g/mol. The van der Waals surface area contributed by atoms with Crippen LogP contribution in [0, 0.1) is 11.8 Å². The number of aliphatic hydroxyl groups is 1.